The lowest BCUT2D eigenvalue weighted by Crippen LogP contribution is -2.24. The lowest BCUT2D eigenvalue weighted by molar-refractivity contribution is 0.249. The molecular weight excluding hydrogens is 154 g/mol. The van der Waals surface area contributed by atoms with Crippen LogP contribution in [0.3, 0.4) is 0 Å². The first kappa shape index (κ1) is 10.9. The standard InChI is InChI=1S/C8H17N3O/c1-2-3-4-5-6-7-10-11-8(9)12/h7H,2-6H2,1H3,(H3,9,11,12). The molecule has 0 aromatic heterocycles. The first-order valence-corrected chi connectivity index (χ1v) is 4.34. The van der Waals surface area contributed by atoms with Crippen molar-refractivity contribution in [2.75, 3.05) is 0 Å². The summed E-state index contributed by atoms with van der Waals surface area (Å²) >= 11 is 0. The van der Waals surface area contributed by atoms with Crippen molar-refractivity contribution in [3.63, 3.8) is 0 Å². The molecule has 0 fully saturated rings. The first-order valence-electron chi connectivity index (χ1n) is 4.34. The van der Waals surface area contributed by atoms with Crippen LogP contribution in [0.1, 0.15) is 39.0 Å². The number of carbonyl (C=O) groups excluding carboxylic acids is 1. The second-order valence-electron chi connectivity index (χ2n) is 2.64. The van der Waals surface area contributed by atoms with Crippen LogP contribution < -0.4 is 11.2 Å². The second-order valence-corrected chi connectivity index (χ2v) is 2.64. The minimum atomic E-state index is -0.611. The van der Waals surface area contributed by atoms with Gasteiger partial charge in [-0.3, -0.25) is 0 Å². The van der Waals surface area contributed by atoms with E-state index in [9.17, 15) is 4.79 Å². The number of nitrogens with one attached hydrogen (secondary N) is 1. The smallest absolute Gasteiger partial charge is 0.332 e. The van der Waals surface area contributed by atoms with Gasteiger partial charge in [-0.25, -0.2) is 10.2 Å². The van der Waals surface area contributed by atoms with Gasteiger partial charge < -0.3 is 5.73 Å². The number of hydrogen-bond donors (Lipinski definition) is 2. The lowest BCUT2D eigenvalue weighted by atomic mass is 10.2. The third-order valence-corrected chi connectivity index (χ3v) is 1.45. The van der Waals surface area contributed by atoms with Crippen molar-refractivity contribution >= 4 is 12.2 Å². The molecule has 3 N–H and O–H groups in total. The predicted molar refractivity (Wildman–Crippen MR) is 50.0 cm³/mol. The number of hydrogen-bond acceptors (Lipinski definition) is 2. The summed E-state index contributed by atoms with van der Waals surface area (Å²) in [6, 6.07) is -0.611. The summed E-state index contributed by atoms with van der Waals surface area (Å²) in [5, 5.41) is 3.62. The zero-order valence-electron chi connectivity index (χ0n) is 7.55. The minimum absolute atomic E-state index is 0.611. The van der Waals surface area contributed by atoms with Gasteiger partial charge in [0.2, 0.25) is 0 Å². The Morgan fingerprint density at radius 2 is 2.25 bits per heavy atom. The van der Waals surface area contributed by atoms with Crippen LogP contribution in [0.25, 0.3) is 0 Å². The average Bonchev–Trinajstić information content (AvgIpc) is 2.02. The molecule has 70 valence electrons. The predicted octanol–water partition coefficient (Wildman–Crippen LogP) is 1.61. The number of primary amides is 1. The van der Waals surface area contributed by atoms with Gasteiger partial charge in [0.05, 0.1) is 0 Å². The minimum Gasteiger partial charge on any atom is -0.350 e. The first-order chi connectivity index (χ1) is 5.77. The fraction of sp³-hybridized carbons (Fsp3) is 0.750. The molecule has 0 atom stereocenters. The van der Waals surface area contributed by atoms with Crippen LogP contribution in [0.15, 0.2) is 5.10 Å². The number of nitrogens with two attached hydrogens (primary N) is 1. The van der Waals surface area contributed by atoms with Gasteiger partial charge in [0.25, 0.3) is 0 Å². The Labute approximate surface area is 73.2 Å². The van der Waals surface area contributed by atoms with E-state index in [0.717, 1.165) is 12.8 Å². The maximum Gasteiger partial charge on any atom is 0.332 e. The van der Waals surface area contributed by atoms with Gasteiger partial charge in [-0.05, 0) is 12.8 Å². The summed E-state index contributed by atoms with van der Waals surface area (Å²) in [4.78, 5) is 10.1. The third-order valence-electron chi connectivity index (χ3n) is 1.45. The summed E-state index contributed by atoms with van der Waals surface area (Å²) in [5.74, 6) is 0. The highest BCUT2D eigenvalue weighted by molar-refractivity contribution is 5.72. The molecule has 0 aliphatic carbocycles. The van der Waals surface area contributed by atoms with Crippen LogP contribution >= 0.6 is 0 Å². The number of carbonyl (C=O) groups is 1. The van der Waals surface area contributed by atoms with Gasteiger partial charge >= 0.3 is 6.03 Å². The molecule has 12 heavy (non-hydrogen) atoms. The molecule has 0 spiro atoms. The number of urea groups is 1. The van der Waals surface area contributed by atoms with E-state index < -0.39 is 6.03 Å². The molecule has 0 bridgehead atoms. The SMILES string of the molecule is CCCCCCC=NNC(N)=O. The van der Waals surface area contributed by atoms with E-state index in [0.29, 0.717) is 0 Å². The Kier molecular flexibility index (Phi) is 7.33. The molecule has 0 aromatic rings. The Morgan fingerprint density at radius 1 is 1.50 bits per heavy atom. The molecule has 0 heterocycles. The van der Waals surface area contributed by atoms with E-state index in [1.54, 1.807) is 6.21 Å². The van der Waals surface area contributed by atoms with Crippen molar-refractivity contribution in [3.05, 3.63) is 0 Å². The molecule has 0 unspecified atom stereocenters. The zero-order valence-corrected chi connectivity index (χ0v) is 7.55. The van der Waals surface area contributed by atoms with E-state index in [1.165, 1.54) is 19.3 Å². The Balaban J connectivity index is 3.08. The maximum atomic E-state index is 10.1. The summed E-state index contributed by atoms with van der Waals surface area (Å²) in [6.07, 6.45) is 7.42. The van der Waals surface area contributed by atoms with Gasteiger partial charge in [-0.1, -0.05) is 26.2 Å². The van der Waals surface area contributed by atoms with Crippen LogP contribution in [0.2, 0.25) is 0 Å². The Hall–Kier alpha value is -1.06. The highest BCUT2D eigenvalue weighted by Gasteiger charge is 1.85. The quantitative estimate of drug-likeness (QED) is 0.356. The van der Waals surface area contributed by atoms with Crippen molar-refractivity contribution in [1.29, 1.82) is 0 Å². The Bertz CT molecular complexity index is 145. The fourth-order valence-corrected chi connectivity index (χ4v) is 0.836. The number of hydrazone groups is 1. The van der Waals surface area contributed by atoms with Gasteiger partial charge in [-0.2, -0.15) is 5.10 Å². The van der Waals surface area contributed by atoms with Gasteiger partial charge in [0.15, 0.2) is 0 Å². The van der Waals surface area contributed by atoms with Crippen LogP contribution in [0.5, 0.6) is 0 Å². The van der Waals surface area contributed by atoms with Crippen molar-refractivity contribution in [3.8, 4) is 0 Å². The largest absolute Gasteiger partial charge is 0.350 e. The molecular formula is C8H17N3O. The lowest BCUT2D eigenvalue weighted by Gasteiger charge is -1.93. The van der Waals surface area contributed by atoms with Gasteiger partial charge in [0, 0.05) is 6.21 Å². The van der Waals surface area contributed by atoms with E-state index in [1.807, 2.05) is 0 Å². The highest BCUT2D eigenvalue weighted by atomic mass is 16.2. The van der Waals surface area contributed by atoms with E-state index >= 15 is 0 Å². The summed E-state index contributed by atoms with van der Waals surface area (Å²) < 4.78 is 0. The van der Waals surface area contributed by atoms with Crippen molar-refractivity contribution in [1.82, 2.24) is 5.43 Å². The monoisotopic (exact) mass is 171 g/mol. The van der Waals surface area contributed by atoms with Gasteiger partial charge in [0.1, 0.15) is 0 Å². The zero-order chi connectivity index (χ0) is 9.23. The highest BCUT2D eigenvalue weighted by Crippen LogP contribution is 1.99. The molecule has 0 aliphatic heterocycles. The molecule has 0 radical (unpaired) electrons. The number of amides is 2. The maximum absolute atomic E-state index is 10.1. The molecule has 0 rings (SSSR count). The van der Waals surface area contributed by atoms with Crippen LogP contribution in [-0.4, -0.2) is 12.2 Å². The number of rotatable bonds is 6. The number of unbranched alkanes of at least 4 members (excludes halogenated alkanes) is 4. The van der Waals surface area contributed by atoms with E-state index in [2.05, 4.69) is 17.5 Å². The van der Waals surface area contributed by atoms with Crippen molar-refractivity contribution in [2.24, 2.45) is 10.8 Å². The van der Waals surface area contributed by atoms with Crippen LogP contribution in [0, 0.1) is 0 Å². The average molecular weight is 171 g/mol. The van der Waals surface area contributed by atoms with Crippen LogP contribution in [-0.2, 0) is 0 Å². The van der Waals surface area contributed by atoms with Gasteiger partial charge in [-0.15, -0.1) is 0 Å². The summed E-state index contributed by atoms with van der Waals surface area (Å²) in [5.41, 5.74) is 6.94. The topological polar surface area (TPSA) is 67.5 Å². The van der Waals surface area contributed by atoms with Crippen molar-refractivity contribution in [2.45, 2.75) is 39.0 Å². The van der Waals surface area contributed by atoms with Crippen molar-refractivity contribution < 1.29 is 4.79 Å². The molecule has 0 saturated carbocycles. The summed E-state index contributed by atoms with van der Waals surface area (Å²) in [6.45, 7) is 2.17. The third kappa shape index (κ3) is 8.94. The molecule has 4 heteroatoms. The normalized spacial score (nSPS) is 10.4. The fourth-order valence-electron chi connectivity index (χ4n) is 0.836. The molecule has 0 aromatic carbocycles. The summed E-state index contributed by atoms with van der Waals surface area (Å²) in [7, 11) is 0. The van der Waals surface area contributed by atoms with Crippen LogP contribution in [0.4, 0.5) is 4.79 Å². The Morgan fingerprint density at radius 3 is 2.83 bits per heavy atom. The molecule has 0 aliphatic rings. The second kappa shape index (κ2) is 8.04. The molecule has 2 amide bonds. The number of nitrogens with zero attached hydrogens (tertiary/aromatic N) is 1. The van der Waals surface area contributed by atoms with E-state index in [4.69, 9.17) is 5.73 Å². The molecule has 0 saturated heterocycles. The molecule has 4 nitrogen and oxygen atoms in total. The van der Waals surface area contributed by atoms with E-state index in [-0.39, 0.29) is 0 Å².